The Kier molecular flexibility index (Phi) is 4.81. The number of rotatable bonds is 5. The van der Waals surface area contributed by atoms with Crippen molar-refractivity contribution >= 4 is 19.9 Å². The van der Waals surface area contributed by atoms with E-state index in [2.05, 4.69) is 0 Å². The van der Waals surface area contributed by atoms with Gasteiger partial charge < -0.3 is 9.84 Å². The quantitative estimate of drug-likeness (QED) is 0.794. The van der Waals surface area contributed by atoms with Crippen LogP contribution in [0.4, 0.5) is 0 Å². The topological polar surface area (TPSA) is 101 Å². The van der Waals surface area contributed by atoms with Crippen LogP contribution in [0.5, 0.6) is 5.75 Å². The Labute approximate surface area is 130 Å². The molecule has 22 heavy (non-hydrogen) atoms. The van der Waals surface area contributed by atoms with Crippen LogP contribution in [0, 0.1) is 0 Å². The summed E-state index contributed by atoms with van der Waals surface area (Å²) in [5.41, 5.74) is 0. The lowest BCUT2D eigenvalue weighted by molar-refractivity contribution is 0.130. The third-order valence-electron chi connectivity index (χ3n) is 3.64. The number of likely N-dealkylation sites (N-methyl/N-ethyl adjacent to an activating group) is 1. The van der Waals surface area contributed by atoms with E-state index in [-0.39, 0.29) is 17.2 Å². The second-order valence-corrected chi connectivity index (χ2v) is 9.14. The van der Waals surface area contributed by atoms with Crippen molar-refractivity contribution in [3.05, 3.63) is 24.3 Å². The maximum absolute atomic E-state index is 12.7. The van der Waals surface area contributed by atoms with Gasteiger partial charge in [-0.05, 0) is 24.3 Å². The zero-order valence-corrected chi connectivity index (χ0v) is 14.0. The van der Waals surface area contributed by atoms with Gasteiger partial charge in [-0.25, -0.2) is 16.8 Å². The van der Waals surface area contributed by atoms with Crippen molar-refractivity contribution in [3.63, 3.8) is 0 Å². The fraction of sp³-hybridized carbons (Fsp3) is 0.538. The molecule has 1 fully saturated rings. The minimum Gasteiger partial charge on any atom is -0.497 e. The van der Waals surface area contributed by atoms with E-state index >= 15 is 0 Å². The standard InChI is InChI=1S/C13H19NO6S2/c1-3-14(12-8-21(16,17)9-13(12)15)22(18,19)11-6-4-10(20-2)5-7-11/h4-7,12-13,15H,3,8-9H2,1-2H3/t12-,13-/m0/s1. The highest BCUT2D eigenvalue weighted by atomic mass is 32.2. The predicted molar refractivity (Wildman–Crippen MR) is 81.0 cm³/mol. The number of hydrogen-bond donors (Lipinski definition) is 1. The number of hydrogen-bond acceptors (Lipinski definition) is 6. The average Bonchev–Trinajstić information content (AvgIpc) is 2.72. The van der Waals surface area contributed by atoms with Crippen LogP contribution in [0.1, 0.15) is 6.92 Å². The van der Waals surface area contributed by atoms with Gasteiger partial charge in [0.25, 0.3) is 0 Å². The SMILES string of the molecule is CCN([C@H]1CS(=O)(=O)C[C@@H]1O)S(=O)(=O)c1ccc(OC)cc1. The first-order chi connectivity index (χ1) is 10.2. The molecule has 124 valence electrons. The summed E-state index contributed by atoms with van der Waals surface area (Å²) in [6.07, 6.45) is -1.21. The summed E-state index contributed by atoms with van der Waals surface area (Å²) < 4.78 is 54.6. The second-order valence-electron chi connectivity index (χ2n) is 5.10. The third kappa shape index (κ3) is 3.27. The molecule has 1 saturated heterocycles. The fourth-order valence-corrected chi connectivity index (χ4v) is 6.11. The molecule has 7 nitrogen and oxygen atoms in total. The third-order valence-corrected chi connectivity index (χ3v) is 7.35. The van der Waals surface area contributed by atoms with Crippen molar-refractivity contribution in [1.29, 1.82) is 0 Å². The molecule has 1 N–H and O–H groups in total. The molecular formula is C13H19NO6S2. The molecule has 9 heteroatoms. The molecule has 0 aromatic heterocycles. The number of sulfone groups is 1. The first kappa shape index (κ1) is 17.2. The monoisotopic (exact) mass is 349 g/mol. The van der Waals surface area contributed by atoms with E-state index in [0.29, 0.717) is 5.75 Å². The minimum atomic E-state index is -3.89. The number of methoxy groups -OCH3 is 1. The van der Waals surface area contributed by atoms with E-state index in [1.807, 2.05) is 0 Å². The summed E-state index contributed by atoms with van der Waals surface area (Å²) in [6, 6.07) is 4.87. The molecule has 2 atom stereocenters. The second kappa shape index (κ2) is 6.15. The normalized spacial score (nSPS) is 24.5. The molecule has 0 saturated carbocycles. The van der Waals surface area contributed by atoms with Gasteiger partial charge in [0.15, 0.2) is 9.84 Å². The van der Waals surface area contributed by atoms with Gasteiger partial charge in [-0.2, -0.15) is 4.31 Å². The smallest absolute Gasteiger partial charge is 0.243 e. The maximum Gasteiger partial charge on any atom is 0.243 e. The number of sulfonamides is 1. The number of nitrogens with zero attached hydrogens (tertiary/aromatic N) is 1. The van der Waals surface area contributed by atoms with E-state index in [9.17, 15) is 21.9 Å². The van der Waals surface area contributed by atoms with Gasteiger partial charge >= 0.3 is 0 Å². The first-order valence-electron chi connectivity index (χ1n) is 6.75. The van der Waals surface area contributed by atoms with Gasteiger partial charge in [-0.3, -0.25) is 0 Å². The molecule has 1 aliphatic heterocycles. The van der Waals surface area contributed by atoms with Crippen molar-refractivity contribution in [3.8, 4) is 5.75 Å². The highest BCUT2D eigenvalue weighted by molar-refractivity contribution is 7.92. The van der Waals surface area contributed by atoms with Crippen molar-refractivity contribution < 1.29 is 26.7 Å². The average molecular weight is 349 g/mol. The number of benzene rings is 1. The molecule has 0 bridgehead atoms. The molecule has 0 amide bonds. The van der Waals surface area contributed by atoms with E-state index in [1.54, 1.807) is 6.92 Å². The molecule has 1 heterocycles. The van der Waals surface area contributed by atoms with Crippen LogP contribution < -0.4 is 4.74 Å². The van der Waals surface area contributed by atoms with Gasteiger partial charge in [0, 0.05) is 6.54 Å². The Morgan fingerprint density at radius 2 is 1.86 bits per heavy atom. The van der Waals surface area contributed by atoms with E-state index in [1.165, 1.54) is 31.4 Å². The number of ether oxygens (including phenoxy) is 1. The Morgan fingerprint density at radius 3 is 2.27 bits per heavy atom. The van der Waals surface area contributed by atoms with Crippen molar-refractivity contribution in [2.75, 3.05) is 25.2 Å². The van der Waals surface area contributed by atoms with Gasteiger partial charge in [-0.1, -0.05) is 6.92 Å². The van der Waals surface area contributed by atoms with Crippen LogP contribution in [0.3, 0.4) is 0 Å². The molecule has 2 rings (SSSR count). The molecule has 0 unspecified atom stereocenters. The molecule has 0 radical (unpaired) electrons. The number of aliphatic hydroxyl groups excluding tert-OH is 1. The van der Waals surface area contributed by atoms with Gasteiger partial charge in [-0.15, -0.1) is 0 Å². The van der Waals surface area contributed by atoms with E-state index < -0.39 is 37.8 Å². The van der Waals surface area contributed by atoms with Crippen molar-refractivity contribution in [1.82, 2.24) is 4.31 Å². The largest absolute Gasteiger partial charge is 0.497 e. The zero-order chi connectivity index (χ0) is 16.5. The maximum atomic E-state index is 12.7. The highest BCUT2D eigenvalue weighted by Gasteiger charge is 2.44. The summed E-state index contributed by atoms with van der Waals surface area (Å²) in [4.78, 5) is 0.0339. The molecule has 1 aromatic carbocycles. The van der Waals surface area contributed by atoms with Crippen LogP contribution in [0.15, 0.2) is 29.2 Å². The molecule has 1 aromatic rings. The molecule has 1 aliphatic rings. The Balaban J connectivity index is 2.36. The van der Waals surface area contributed by atoms with Gasteiger partial charge in [0.1, 0.15) is 5.75 Å². The highest BCUT2D eigenvalue weighted by Crippen LogP contribution is 2.26. The first-order valence-corrected chi connectivity index (χ1v) is 10.0. The van der Waals surface area contributed by atoms with Crippen molar-refractivity contribution in [2.45, 2.75) is 24.0 Å². The fourth-order valence-electron chi connectivity index (χ4n) is 2.55. The zero-order valence-electron chi connectivity index (χ0n) is 12.3. The summed E-state index contributed by atoms with van der Waals surface area (Å²) in [5, 5.41) is 9.91. The van der Waals surface area contributed by atoms with Crippen LogP contribution in [-0.4, -0.2) is 63.6 Å². The number of aliphatic hydroxyl groups is 1. The lowest BCUT2D eigenvalue weighted by Crippen LogP contribution is -2.46. The molecular weight excluding hydrogens is 330 g/mol. The lowest BCUT2D eigenvalue weighted by atomic mass is 10.2. The molecule has 0 spiro atoms. The van der Waals surface area contributed by atoms with Crippen LogP contribution in [0.2, 0.25) is 0 Å². The van der Waals surface area contributed by atoms with Gasteiger partial charge in [0.05, 0.1) is 35.7 Å². The summed E-state index contributed by atoms with van der Waals surface area (Å²) in [5.74, 6) is -0.255. The van der Waals surface area contributed by atoms with Crippen molar-refractivity contribution in [2.24, 2.45) is 0 Å². The summed E-state index contributed by atoms with van der Waals surface area (Å²) in [7, 11) is -5.84. The van der Waals surface area contributed by atoms with Crippen LogP contribution in [-0.2, 0) is 19.9 Å². The lowest BCUT2D eigenvalue weighted by Gasteiger charge is -2.28. The Morgan fingerprint density at radius 1 is 1.27 bits per heavy atom. The predicted octanol–water partition coefficient (Wildman–Crippen LogP) is -0.136. The Hall–Kier alpha value is -1.16. The van der Waals surface area contributed by atoms with E-state index in [4.69, 9.17) is 4.74 Å². The Bertz CT molecular complexity index is 726. The van der Waals surface area contributed by atoms with E-state index in [0.717, 1.165) is 4.31 Å². The molecule has 0 aliphatic carbocycles. The van der Waals surface area contributed by atoms with Gasteiger partial charge in [0.2, 0.25) is 10.0 Å². The summed E-state index contributed by atoms with van der Waals surface area (Å²) >= 11 is 0. The van der Waals surface area contributed by atoms with Crippen LogP contribution in [0.25, 0.3) is 0 Å². The summed E-state index contributed by atoms with van der Waals surface area (Å²) in [6.45, 7) is 1.68. The van der Waals surface area contributed by atoms with Crippen LogP contribution >= 0.6 is 0 Å². The minimum absolute atomic E-state index is 0.0339.